The van der Waals surface area contributed by atoms with Gasteiger partial charge in [0, 0.05) is 5.69 Å². The molecule has 0 radical (unpaired) electrons. The maximum atomic E-state index is 13.5. The Balaban J connectivity index is 2.30. The van der Waals surface area contributed by atoms with Gasteiger partial charge in [0.15, 0.2) is 0 Å². The zero-order valence-electron chi connectivity index (χ0n) is 9.94. The molecule has 1 atom stereocenters. The molecule has 3 nitrogen and oxygen atoms in total. The van der Waals surface area contributed by atoms with Crippen molar-refractivity contribution in [2.24, 2.45) is 5.73 Å². The lowest BCUT2D eigenvalue weighted by Crippen LogP contribution is -2.27. The van der Waals surface area contributed by atoms with Gasteiger partial charge in [-0.2, -0.15) is 0 Å². The fourth-order valence-electron chi connectivity index (χ4n) is 1.71. The summed E-state index contributed by atoms with van der Waals surface area (Å²) in [5, 5.41) is 2.98. The van der Waals surface area contributed by atoms with Crippen molar-refractivity contribution < 1.29 is 9.18 Å². The van der Waals surface area contributed by atoms with E-state index in [4.69, 9.17) is 5.73 Å². The van der Waals surface area contributed by atoms with Gasteiger partial charge in [-0.25, -0.2) is 4.39 Å². The van der Waals surface area contributed by atoms with Gasteiger partial charge in [0.1, 0.15) is 11.9 Å². The van der Waals surface area contributed by atoms with E-state index in [1.54, 1.807) is 12.1 Å². The van der Waals surface area contributed by atoms with Crippen molar-refractivity contribution in [2.75, 3.05) is 5.32 Å². The van der Waals surface area contributed by atoms with Crippen molar-refractivity contribution in [3.05, 3.63) is 64.4 Å². The number of hydrogen-bond donors (Lipinski definition) is 2. The summed E-state index contributed by atoms with van der Waals surface area (Å²) in [4.78, 5) is 11.5. The van der Waals surface area contributed by atoms with E-state index in [1.165, 1.54) is 6.07 Å². The molecule has 0 fully saturated rings. The van der Waals surface area contributed by atoms with Gasteiger partial charge < -0.3 is 11.1 Å². The number of nitrogens with two attached hydrogens (primary N) is 1. The van der Waals surface area contributed by atoms with Crippen LogP contribution in [0.3, 0.4) is 0 Å². The second-order valence-corrected chi connectivity index (χ2v) is 4.87. The van der Waals surface area contributed by atoms with Crippen LogP contribution in [0.4, 0.5) is 10.1 Å². The first-order chi connectivity index (χ1) is 9.08. The maximum Gasteiger partial charge on any atom is 0.244 e. The summed E-state index contributed by atoms with van der Waals surface area (Å²) in [6, 6.07) is 12.9. The van der Waals surface area contributed by atoms with Crippen LogP contribution < -0.4 is 11.1 Å². The van der Waals surface area contributed by atoms with Crippen molar-refractivity contribution in [1.82, 2.24) is 0 Å². The number of rotatable bonds is 4. The molecule has 0 bridgehead atoms. The highest BCUT2D eigenvalue weighted by atomic mass is 79.9. The molecule has 0 aliphatic rings. The number of carbonyl (C=O) groups excluding carboxylic acids is 1. The zero-order chi connectivity index (χ0) is 13.8. The first-order valence-corrected chi connectivity index (χ1v) is 6.43. The van der Waals surface area contributed by atoms with E-state index < -0.39 is 17.8 Å². The molecule has 1 amide bonds. The van der Waals surface area contributed by atoms with Crippen molar-refractivity contribution in [1.29, 1.82) is 0 Å². The Morgan fingerprint density at radius 2 is 1.89 bits per heavy atom. The van der Waals surface area contributed by atoms with E-state index in [9.17, 15) is 9.18 Å². The molecule has 0 aromatic heterocycles. The topological polar surface area (TPSA) is 55.1 Å². The smallest absolute Gasteiger partial charge is 0.244 e. The van der Waals surface area contributed by atoms with Gasteiger partial charge in [0.2, 0.25) is 5.91 Å². The lowest BCUT2D eigenvalue weighted by Gasteiger charge is -2.17. The third kappa shape index (κ3) is 3.32. The Hall–Kier alpha value is -1.88. The average molecular weight is 323 g/mol. The predicted molar refractivity (Wildman–Crippen MR) is 76.1 cm³/mol. The van der Waals surface area contributed by atoms with E-state index in [0.717, 1.165) is 5.69 Å². The van der Waals surface area contributed by atoms with E-state index in [2.05, 4.69) is 21.2 Å². The summed E-state index contributed by atoms with van der Waals surface area (Å²) in [6.07, 6.45) is 0. The Morgan fingerprint density at radius 1 is 1.21 bits per heavy atom. The fraction of sp³-hybridized carbons (Fsp3) is 0.0714. The van der Waals surface area contributed by atoms with Crippen molar-refractivity contribution in [3.63, 3.8) is 0 Å². The molecule has 19 heavy (non-hydrogen) atoms. The van der Waals surface area contributed by atoms with Crippen LogP contribution in [-0.4, -0.2) is 5.91 Å². The highest BCUT2D eigenvalue weighted by Gasteiger charge is 2.18. The minimum atomic E-state index is -0.773. The van der Waals surface area contributed by atoms with Crippen LogP contribution in [0.15, 0.2) is 53.0 Å². The number of para-hydroxylation sites is 1. The number of primary amides is 1. The lowest BCUT2D eigenvalue weighted by molar-refractivity contribution is -0.118. The van der Waals surface area contributed by atoms with Gasteiger partial charge in [-0.15, -0.1) is 0 Å². The molecule has 1 unspecified atom stereocenters. The van der Waals surface area contributed by atoms with E-state index >= 15 is 0 Å². The minimum Gasteiger partial charge on any atom is -0.370 e. The summed E-state index contributed by atoms with van der Waals surface area (Å²) < 4.78 is 13.9. The highest BCUT2D eigenvalue weighted by molar-refractivity contribution is 9.10. The Morgan fingerprint density at radius 3 is 2.47 bits per heavy atom. The first-order valence-electron chi connectivity index (χ1n) is 5.64. The van der Waals surface area contributed by atoms with Crippen LogP contribution >= 0.6 is 15.9 Å². The predicted octanol–water partition coefficient (Wildman–Crippen LogP) is 3.23. The summed E-state index contributed by atoms with van der Waals surface area (Å²) in [6.45, 7) is 0. The second-order valence-electron chi connectivity index (χ2n) is 4.02. The molecule has 0 saturated carbocycles. The maximum absolute atomic E-state index is 13.5. The molecular formula is C14H12BrFN2O. The van der Waals surface area contributed by atoms with Crippen LogP contribution in [0.25, 0.3) is 0 Å². The minimum absolute atomic E-state index is 0.346. The molecule has 3 N–H and O–H groups in total. The van der Waals surface area contributed by atoms with E-state index in [0.29, 0.717) is 10.0 Å². The molecule has 0 heterocycles. The molecule has 0 aliphatic carbocycles. The van der Waals surface area contributed by atoms with Gasteiger partial charge in [0.25, 0.3) is 0 Å². The number of carbonyl (C=O) groups is 1. The quantitative estimate of drug-likeness (QED) is 0.908. The van der Waals surface area contributed by atoms with E-state index in [-0.39, 0.29) is 0 Å². The van der Waals surface area contributed by atoms with Gasteiger partial charge in [-0.1, -0.05) is 24.3 Å². The number of hydrogen-bond acceptors (Lipinski definition) is 2. The van der Waals surface area contributed by atoms with Crippen LogP contribution in [0, 0.1) is 5.82 Å². The molecule has 98 valence electrons. The molecule has 2 rings (SSSR count). The van der Waals surface area contributed by atoms with Crippen LogP contribution in [0.5, 0.6) is 0 Å². The monoisotopic (exact) mass is 322 g/mol. The molecule has 2 aromatic rings. The zero-order valence-corrected chi connectivity index (χ0v) is 11.5. The third-order valence-corrected chi connectivity index (χ3v) is 3.29. The molecule has 0 aliphatic heterocycles. The molecule has 2 aromatic carbocycles. The van der Waals surface area contributed by atoms with Gasteiger partial charge in [-0.3, -0.25) is 4.79 Å². The van der Waals surface area contributed by atoms with Gasteiger partial charge in [-0.05, 0) is 45.8 Å². The lowest BCUT2D eigenvalue weighted by atomic mass is 10.1. The Labute approximate surface area is 118 Å². The van der Waals surface area contributed by atoms with Crippen LogP contribution in [-0.2, 0) is 4.79 Å². The largest absolute Gasteiger partial charge is 0.370 e. The second kappa shape index (κ2) is 5.84. The van der Waals surface area contributed by atoms with Crippen LogP contribution in [0.1, 0.15) is 11.6 Å². The molecular weight excluding hydrogens is 311 g/mol. The third-order valence-electron chi connectivity index (χ3n) is 2.65. The number of amides is 1. The summed E-state index contributed by atoms with van der Waals surface area (Å²) in [5.41, 5.74) is 6.60. The Bertz CT molecular complexity index is 589. The molecule has 0 saturated heterocycles. The molecule has 0 spiro atoms. The summed E-state index contributed by atoms with van der Waals surface area (Å²) in [5.74, 6) is -0.996. The Kier molecular flexibility index (Phi) is 4.16. The SMILES string of the molecule is NC(=O)C(Nc1ccccc1)c1ccc(Br)c(F)c1. The fourth-order valence-corrected chi connectivity index (χ4v) is 1.96. The first kappa shape index (κ1) is 13.5. The van der Waals surface area contributed by atoms with Gasteiger partial charge >= 0.3 is 0 Å². The highest BCUT2D eigenvalue weighted by Crippen LogP contribution is 2.23. The average Bonchev–Trinajstić information content (AvgIpc) is 2.40. The number of anilines is 1. The standard InChI is InChI=1S/C14H12BrFN2O/c15-11-7-6-9(8-12(11)16)13(14(17)19)18-10-4-2-1-3-5-10/h1-8,13,18H,(H2,17,19). The number of nitrogens with one attached hydrogen (secondary N) is 1. The molecule has 5 heteroatoms. The summed E-state index contributed by atoms with van der Waals surface area (Å²) >= 11 is 3.07. The van der Waals surface area contributed by atoms with Crippen molar-refractivity contribution in [3.8, 4) is 0 Å². The van der Waals surface area contributed by atoms with Crippen molar-refractivity contribution in [2.45, 2.75) is 6.04 Å². The number of benzene rings is 2. The number of halogens is 2. The summed E-state index contributed by atoms with van der Waals surface area (Å²) in [7, 11) is 0. The van der Waals surface area contributed by atoms with Gasteiger partial charge in [0.05, 0.1) is 4.47 Å². The van der Waals surface area contributed by atoms with Crippen molar-refractivity contribution >= 4 is 27.5 Å². The van der Waals surface area contributed by atoms with E-state index in [1.807, 2.05) is 30.3 Å². The van der Waals surface area contributed by atoms with Crippen LogP contribution in [0.2, 0.25) is 0 Å². The normalized spacial score (nSPS) is 11.9.